The lowest BCUT2D eigenvalue weighted by Crippen LogP contribution is -2.44. The van der Waals surface area contributed by atoms with E-state index >= 15 is 0 Å². The molecule has 1 unspecified atom stereocenters. The number of likely N-dealkylation sites (N-methyl/N-ethyl adjacent to an activating group) is 1. The highest BCUT2D eigenvalue weighted by atomic mass is 16.6. The summed E-state index contributed by atoms with van der Waals surface area (Å²) in [6, 6.07) is 12.9. The number of nitro benzene ring substituents is 2. The van der Waals surface area contributed by atoms with Gasteiger partial charge in [-0.15, -0.1) is 0 Å². The molecule has 1 aliphatic heterocycles. The van der Waals surface area contributed by atoms with Gasteiger partial charge in [0, 0.05) is 55.6 Å². The van der Waals surface area contributed by atoms with E-state index in [-0.39, 0.29) is 11.4 Å². The maximum Gasteiger partial charge on any atom is 0.269 e. The molecule has 1 aliphatic rings. The van der Waals surface area contributed by atoms with E-state index < -0.39 is 16.0 Å². The van der Waals surface area contributed by atoms with Gasteiger partial charge in [-0.05, 0) is 49.7 Å². The number of nitrogens with zero attached hydrogens (tertiary/aromatic N) is 4. The van der Waals surface area contributed by atoms with Crippen molar-refractivity contribution in [2.24, 2.45) is 0 Å². The van der Waals surface area contributed by atoms with E-state index in [1.807, 2.05) is 7.05 Å². The summed E-state index contributed by atoms with van der Waals surface area (Å²) in [7, 11) is 1.97. The Morgan fingerprint density at radius 1 is 1.00 bits per heavy atom. The quantitative estimate of drug-likeness (QED) is 0.561. The van der Waals surface area contributed by atoms with Gasteiger partial charge in [-0.2, -0.15) is 0 Å². The number of piperidine rings is 1. The first-order valence-electron chi connectivity index (χ1n) is 9.47. The largest absolute Gasteiger partial charge is 0.387 e. The van der Waals surface area contributed by atoms with Gasteiger partial charge >= 0.3 is 0 Å². The Morgan fingerprint density at radius 3 is 1.97 bits per heavy atom. The van der Waals surface area contributed by atoms with Crippen molar-refractivity contribution < 1.29 is 15.0 Å². The molecule has 0 saturated carbocycles. The zero-order valence-corrected chi connectivity index (χ0v) is 16.2. The van der Waals surface area contributed by atoms with Crippen molar-refractivity contribution in [3.05, 3.63) is 74.3 Å². The van der Waals surface area contributed by atoms with E-state index in [0.29, 0.717) is 18.2 Å². The second kappa shape index (κ2) is 8.97. The summed E-state index contributed by atoms with van der Waals surface area (Å²) in [5, 5.41) is 32.0. The third-order valence-corrected chi connectivity index (χ3v) is 5.46. The van der Waals surface area contributed by atoms with Crippen LogP contribution in [0.15, 0.2) is 48.5 Å². The number of rotatable bonds is 7. The van der Waals surface area contributed by atoms with E-state index in [2.05, 4.69) is 9.80 Å². The average molecular weight is 400 g/mol. The number of hydrogen-bond acceptors (Lipinski definition) is 7. The standard InChI is InChI=1S/C20H24N4O5/c1-21(14-20(25)15-2-4-18(5-3-15)23(26)27)16-10-12-22(13-11-16)17-6-8-19(9-7-17)24(28)29/h2-9,16,20,25H,10-14H2,1H3. The minimum absolute atomic E-state index is 0.00733. The molecule has 29 heavy (non-hydrogen) atoms. The SMILES string of the molecule is CN(CC(O)c1ccc([N+](=O)[O-])cc1)C1CCN(c2ccc([N+](=O)[O-])cc2)CC1. The Bertz CT molecular complexity index is 848. The van der Waals surface area contributed by atoms with Gasteiger partial charge in [0.1, 0.15) is 0 Å². The molecule has 3 rings (SSSR count). The molecular formula is C20H24N4O5. The summed E-state index contributed by atoms with van der Waals surface area (Å²) < 4.78 is 0. The van der Waals surface area contributed by atoms with Crippen LogP contribution in [-0.4, -0.2) is 52.6 Å². The van der Waals surface area contributed by atoms with Crippen LogP contribution < -0.4 is 4.90 Å². The van der Waals surface area contributed by atoms with Crippen LogP contribution >= 0.6 is 0 Å². The Hall–Kier alpha value is -3.04. The molecule has 0 bridgehead atoms. The minimum atomic E-state index is -0.714. The lowest BCUT2D eigenvalue weighted by molar-refractivity contribution is -0.385. The first-order valence-corrected chi connectivity index (χ1v) is 9.47. The van der Waals surface area contributed by atoms with Crippen molar-refractivity contribution in [3.63, 3.8) is 0 Å². The van der Waals surface area contributed by atoms with Crippen molar-refractivity contribution in [3.8, 4) is 0 Å². The van der Waals surface area contributed by atoms with Crippen molar-refractivity contribution in [2.45, 2.75) is 25.0 Å². The van der Waals surface area contributed by atoms with Crippen molar-refractivity contribution in [2.75, 3.05) is 31.6 Å². The van der Waals surface area contributed by atoms with Gasteiger partial charge in [-0.1, -0.05) is 0 Å². The number of aliphatic hydroxyl groups is 1. The van der Waals surface area contributed by atoms with Crippen molar-refractivity contribution in [1.82, 2.24) is 4.90 Å². The number of benzene rings is 2. The number of anilines is 1. The molecule has 1 atom stereocenters. The van der Waals surface area contributed by atoms with Crippen molar-refractivity contribution in [1.29, 1.82) is 0 Å². The first-order chi connectivity index (χ1) is 13.8. The molecule has 154 valence electrons. The van der Waals surface area contributed by atoms with Gasteiger partial charge in [0.05, 0.1) is 16.0 Å². The predicted octanol–water partition coefficient (Wildman–Crippen LogP) is 3.14. The number of aliphatic hydroxyl groups excluding tert-OH is 1. The molecule has 0 radical (unpaired) electrons. The maximum atomic E-state index is 10.8. The van der Waals surface area contributed by atoms with E-state index in [1.54, 1.807) is 24.3 Å². The molecule has 0 spiro atoms. The highest BCUT2D eigenvalue weighted by molar-refractivity contribution is 5.51. The molecule has 0 aromatic heterocycles. The van der Waals surface area contributed by atoms with E-state index in [4.69, 9.17) is 0 Å². The summed E-state index contributed by atoms with van der Waals surface area (Å²) in [5.41, 5.74) is 1.73. The Kier molecular flexibility index (Phi) is 6.40. The number of nitro groups is 2. The zero-order valence-electron chi connectivity index (χ0n) is 16.2. The van der Waals surface area contributed by atoms with Gasteiger partial charge in [-0.3, -0.25) is 20.2 Å². The summed E-state index contributed by atoms with van der Waals surface area (Å²) in [4.78, 5) is 25.0. The second-order valence-corrected chi connectivity index (χ2v) is 7.30. The third kappa shape index (κ3) is 5.07. The third-order valence-electron chi connectivity index (χ3n) is 5.46. The molecule has 0 aliphatic carbocycles. The van der Waals surface area contributed by atoms with Crippen LogP contribution in [0.25, 0.3) is 0 Å². The smallest absolute Gasteiger partial charge is 0.269 e. The first kappa shape index (κ1) is 20.7. The molecular weight excluding hydrogens is 376 g/mol. The van der Waals surface area contributed by atoms with Gasteiger partial charge < -0.3 is 14.9 Å². The molecule has 1 heterocycles. The van der Waals surface area contributed by atoms with Crippen LogP contribution in [0.1, 0.15) is 24.5 Å². The van der Waals surface area contributed by atoms with Crippen LogP contribution in [0.3, 0.4) is 0 Å². The van der Waals surface area contributed by atoms with Crippen LogP contribution in [-0.2, 0) is 0 Å². The fourth-order valence-corrected chi connectivity index (χ4v) is 3.70. The van der Waals surface area contributed by atoms with Gasteiger partial charge in [0.25, 0.3) is 11.4 Å². The fourth-order valence-electron chi connectivity index (χ4n) is 3.70. The van der Waals surface area contributed by atoms with E-state index in [0.717, 1.165) is 31.6 Å². The maximum absolute atomic E-state index is 10.8. The molecule has 2 aromatic carbocycles. The van der Waals surface area contributed by atoms with Crippen molar-refractivity contribution >= 4 is 17.1 Å². The van der Waals surface area contributed by atoms with Crippen LogP contribution in [0.4, 0.5) is 17.1 Å². The molecule has 9 heteroatoms. The summed E-state index contributed by atoms with van der Waals surface area (Å²) in [5.74, 6) is 0. The minimum Gasteiger partial charge on any atom is -0.387 e. The summed E-state index contributed by atoms with van der Waals surface area (Å²) in [6.45, 7) is 2.11. The Labute approximate surface area is 168 Å². The number of hydrogen-bond donors (Lipinski definition) is 1. The topological polar surface area (TPSA) is 113 Å². The van der Waals surface area contributed by atoms with Crippen LogP contribution in [0.5, 0.6) is 0 Å². The molecule has 1 N–H and O–H groups in total. The van der Waals surface area contributed by atoms with Gasteiger partial charge in [0.15, 0.2) is 0 Å². The van der Waals surface area contributed by atoms with Gasteiger partial charge in [-0.25, -0.2) is 0 Å². The highest BCUT2D eigenvalue weighted by Crippen LogP contribution is 2.26. The van der Waals surface area contributed by atoms with Gasteiger partial charge in [0.2, 0.25) is 0 Å². The predicted molar refractivity (Wildman–Crippen MR) is 109 cm³/mol. The summed E-state index contributed by atoms with van der Waals surface area (Å²) >= 11 is 0. The Balaban J connectivity index is 1.52. The lowest BCUT2D eigenvalue weighted by Gasteiger charge is -2.38. The molecule has 9 nitrogen and oxygen atoms in total. The number of non-ortho nitro benzene ring substituents is 2. The molecule has 2 aromatic rings. The van der Waals surface area contributed by atoms with E-state index in [9.17, 15) is 25.3 Å². The zero-order chi connectivity index (χ0) is 21.0. The second-order valence-electron chi connectivity index (χ2n) is 7.30. The normalized spacial score (nSPS) is 16.0. The lowest BCUT2D eigenvalue weighted by atomic mass is 10.0. The summed E-state index contributed by atoms with van der Waals surface area (Å²) in [6.07, 6.45) is 1.12. The molecule has 0 amide bonds. The monoisotopic (exact) mass is 400 g/mol. The Morgan fingerprint density at radius 2 is 1.48 bits per heavy atom. The van der Waals surface area contributed by atoms with Crippen LogP contribution in [0.2, 0.25) is 0 Å². The van der Waals surface area contributed by atoms with E-state index in [1.165, 1.54) is 24.3 Å². The fraction of sp³-hybridized carbons (Fsp3) is 0.400. The molecule has 1 saturated heterocycles. The highest BCUT2D eigenvalue weighted by Gasteiger charge is 2.24. The average Bonchev–Trinajstić information content (AvgIpc) is 2.74. The molecule has 1 fully saturated rings. The van der Waals surface area contributed by atoms with Crippen LogP contribution in [0, 0.1) is 20.2 Å².